The molecule has 2 bridgehead atoms. The largest absolute Gasteiger partial charge is 0.391 e. The van der Waals surface area contributed by atoms with E-state index < -0.39 is 132 Å². The normalized spacial score (nSPS) is 26.2. The summed E-state index contributed by atoms with van der Waals surface area (Å²) in [6.45, 7) is 6.79. The Labute approximate surface area is 464 Å². The van der Waals surface area contributed by atoms with Crippen molar-refractivity contribution in [2.24, 2.45) is 11.8 Å². The Balaban J connectivity index is 1.24. The molecule has 5 aliphatic rings. The SMILES string of the molecule is CCC(C)C[C@@H]1NC(=O)[C@H]2CC(=O)[C@H](C)NC(=O)[C@@H]3C[C@@H](O)CN3C(=O)[C@@H](CSc3[nH]c4ccc(CC(=O)CCC(=O)N(CCN5C(=O)C=CC5=O)CCN5C(=O)C=CC5=O)cc4c3C2)NC(=O)[C@@H](C(C)O)NC(=O)[C@H](C)NC1=O. The van der Waals surface area contributed by atoms with Gasteiger partial charge >= 0.3 is 0 Å². The summed E-state index contributed by atoms with van der Waals surface area (Å²) in [7, 11) is 0. The Hall–Kier alpha value is -7.58. The highest BCUT2D eigenvalue weighted by Crippen LogP contribution is 2.35. The highest BCUT2D eigenvalue weighted by molar-refractivity contribution is 7.99. The van der Waals surface area contributed by atoms with Crippen molar-refractivity contribution in [1.82, 2.24) is 51.2 Å². The van der Waals surface area contributed by atoms with Gasteiger partial charge in [-0.1, -0.05) is 26.3 Å². The maximum absolute atomic E-state index is 14.9. The molecule has 1 aromatic heterocycles. The van der Waals surface area contributed by atoms with Crippen LogP contribution in [0.1, 0.15) is 84.3 Å². The number of imide groups is 2. The average Bonchev–Trinajstić information content (AvgIpc) is 4.16. The van der Waals surface area contributed by atoms with E-state index in [1.807, 2.05) is 13.8 Å². The van der Waals surface area contributed by atoms with Crippen LogP contribution in [0.3, 0.4) is 0 Å². The van der Waals surface area contributed by atoms with Crippen molar-refractivity contribution in [3.8, 4) is 0 Å². The summed E-state index contributed by atoms with van der Waals surface area (Å²) >= 11 is 1.03. The van der Waals surface area contributed by atoms with Crippen molar-refractivity contribution in [3.63, 3.8) is 0 Å². The number of H-pyrrole nitrogens is 1. The molecule has 11 amide bonds. The third kappa shape index (κ3) is 14.4. The van der Waals surface area contributed by atoms with Crippen LogP contribution in [0.25, 0.3) is 10.9 Å². The van der Waals surface area contributed by atoms with Crippen LogP contribution in [-0.2, 0) is 75.2 Å². The monoisotopic (exact) mass is 1130 g/mol. The number of aliphatic hydroxyl groups is 2. The molecule has 6 heterocycles. The van der Waals surface area contributed by atoms with Gasteiger partial charge in [-0.05, 0) is 62.8 Å². The van der Waals surface area contributed by atoms with E-state index in [-0.39, 0.29) is 88.7 Å². The summed E-state index contributed by atoms with van der Waals surface area (Å²) in [5.41, 5.74) is 1.41. The third-order valence-corrected chi connectivity index (χ3v) is 16.2. The number of nitrogens with one attached hydrogen (secondary N) is 6. The molecule has 8 N–H and O–H groups in total. The smallest absolute Gasteiger partial charge is 0.253 e. The van der Waals surface area contributed by atoms with Crippen LogP contribution in [0.2, 0.25) is 0 Å². The van der Waals surface area contributed by atoms with Crippen molar-refractivity contribution in [2.75, 3.05) is 38.5 Å². The van der Waals surface area contributed by atoms with E-state index in [1.165, 1.54) is 25.7 Å². The predicted molar refractivity (Wildman–Crippen MR) is 285 cm³/mol. The molecule has 2 aromatic rings. The number of aliphatic hydroxyl groups excluding tert-OH is 2. The summed E-state index contributed by atoms with van der Waals surface area (Å²) < 4.78 is 0. The number of ketones is 2. The van der Waals surface area contributed by atoms with Gasteiger partial charge in [0.05, 0.1) is 23.3 Å². The van der Waals surface area contributed by atoms with Crippen molar-refractivity contribution in [3.05, 3.63) is 53.6 Å². The molecule has 25 nitrogen and oxygen atoms in total. The average molecular weight is 1130 g/mol. The van der Waals surface area contributed by atoms with E-state index in [9.17, 15) is 72.5 Å². The first-order chi connectivity index (χ1) is 37.9. The molecule has 1 aromatic carbocycles. The van der Waals surface area contributed by atoms with Crippen LogP contribution in [0.15, 0.2) is 47.5 Å². The summed E-state index contributed by atoms with van der Waals surface area (Å²) in [5.74, 6) is -10.4. The lowest BCUT2D eigenvalue weighted by Gasteiger charge is -2.30. The molecule has 80 heavy (non-hydrogen) atoms. The number of benzene rings is 1. The Kier molecular flexibility index (Phi) is 19.6. The number of nitrogens with zero attached hydrogens (tertiary/aromatic N) is 4. The first-order valence-electron chi connectivity index (χ1n) is 26.8. The van der Waals surface area contributed by atoms with Crippen LogP contribution < -0.4 is 26.6 Å². The molecule has 10 atom stereocenters. The minimum absolute atomic E-state index is 0.110. The van der Waals surface area contributed by atoms with Gasteiger partial charge in [0.25, 0.3) is 23.6 Å². The van der Waals surface area contributed by atoms with Gasteiger partial charge in [0.2, 0.25) is 41.4 Å². The van der Waals surface area contributed by atoms with E-state index in [1.54, 1.807) is 18.2 Å². The Morgan fingerprint density at radius 2 is 1.38 bits per heavy atom. The second-order valence-corrected chi connectivity index (χ2v) is 22.1. The fourth-order valence-corrected chi connectivity index (χ4v) is 11.2. The molecule has 0 radical (unpaired) electrons. The summed E-state index contributed by atoms with van der Waals surface area (Å²) in [4.78, 5) is 184. The van der Waals surface area contributed by atoms with E-state index in [4.69, 9.17) is 0 Å². The van der Waals surface area contributed by atoms with Gasteiger partial charge in [-0.2, -0.15) is 0 Å². The lowest BCUT2D eigenvalue weighted by Crippen LogP contribution is -2.61. The van der Waals surface area contributed by atoms with Crippen LogP contribution in [0, 0.1) is 11.8 Å². The highest BCUT2D eigenvalue weighted by atomic mass is 32.2. The molecular formula is C54H68N10O15S. The summed E-state index contributed by atoms with van der Waals surface area (Å²) in [5, 5.41) is 35.7. The number of fused-ring (bicyclic) bond motifs is 5. The molecular weight excluding hydrogens is 1060 g/mol. The molecule has 1 fully saturated rings. The van der Waals surface area contributed by atoms with Gasteiger partial charge < -0.3 is 51.6 Å². The maximum Gasteiger partial charge on any atom is 0.253 e. The maximum atomic E-state index is 14.9. The van der Waals surface area contributed by atoms with Gasteiger partial charge in [-0.25, -0.2) is 0 Å². The van der Waals surface area contributed by atoms with Gasteiger partial charge in [0.1, 0.15) is 36.0 Å². The van der Waals surface area contributed by atoms with Gasteiger partial charge in [-0.15, -0.1) is 11.8 Å². The number of thioether (sulfide) groups is 1. The van der Waals surface area contributed by atoms with Crippen LogP contribution in [-0.4, -0.2) is 198 Å². The first kappa shape index (κ1) is 60.1. The molecule has 26 heteroatoms. The second kappa shape index (κ2) is 26.1. The van der Waals surface area contributed by atoms with E-state index >= 15 is 0 Å². The van der Waals surface area contributed by atoms with Gasteiger partial charge in [0, 0.05) is 112 Å². The van der Waals surface area contributed by atoms with Crippen molar-refractivity contribution in [1.29, 1.82) is 0 Å². The number of rotatable bonds is 15. The first-order valence-corrected chi connectivity index (χ1v) is 27.7. The zero-order chi connectivity index (χ0) is 58.3. The number of carbonyl (C=O) groups is 13. The van der Waals surface area contributed by atoms with E-state index in [0.29, 0.717) is 33.5 Å². The lowest BCUT2D eigenvalue weighted by molar-refractivity contribution is -0.142. The molecule has 5 aliphatic heterocycles. The number of amides is 11. The second-order valence-electron chi connectivity index (χ2n) is 21.1. The van der Waals surface area contributed by atoms with Crippen LogP contribution >= 0.6 is 11.8 Å². The predicted octanol–water partition coefficient (Wildman–Crippen LogP) is -1.78. The highest BCUT2D eigenvalue weighted by Gasteiger charge is 2.44. The lowest BCUT2D eigenvalue weighted by atomic mass is 9.90. The van der Waals surface area contributed by atoms with Crippen molar-refractivity contribution in [2.45, 2.75) is 139 Å². The van der Waals surface area contributed by atoms with Crippen LogP contribution in [0.5, 0.6) is 0 Å². The van der Waals surface area contributed by atoms with Gasteiger partial charge in [-0.3, -0.25) is 72.1 Å². The zero-order valence-corrected chi connectivity index (χ0v) is 45.9. The Morgan fingerprint density at radius 3 is 1.99 bits per heavy atom. The molecule has 0 saturated carbocycles. The Bertz CT molecular complexity index is 2840. The quantitative estimate of drug-likeness (QED) is 0.0914. The fraction of sp³-hybridized carbons (Fsp3) is 0.537. The molecule has 430 valence electrons. The summed E-state index contributed by atoms with van der Waals surface area (Å²) in [6, 6.07) is -3.20. The minimum atomic E-state index is -1.67. The Morgan fingerprint density at radius 1 is 0.750 bits per heavy atom. The number of hydrogen-bond donors (Lipinski definition) is 8. The fourth-order valence-electron chi connectivity index (χ4n) is 10.1. The number of Topliss-reactive ketones (excluding diaryl/α,β-unsaturated/α-hetero) is 2. The van der Waals surface area contributed by atoms with E-state index in [0.717, 1.165) is 50.8 Å². The number of hydrogen-bond acceptors (Lipinski definition) is 16. The molecule has 2 unspecified atom stereocenters. The molecule has 0 aliphatic carbocycles. The molecule has 0 spiro atoms. The van der Waals surface area contributed by atoms with Crippen molar-refractivity contribution < 1.29 is 72.5 Å². The van der Waals surface area contributed by atoms with E-state index in [2.05, 4.69) is 31.6 Å². The van der Waals surface area contributed by atoms with Crippen LogP contribution in [0.4, 0.5) is 0 Å². The minimum Gasteiger partial charge on any atom is -0.391 e. The number of aromatic nitrogens is 1. The number of aromatic amines is 1. The third-order valence-electron chi connectivity index (χ3n) is 15.1. The topological polar surface area (TPSA) is 351 Å². The summed E-state index contributed by atoms with van der Waals surface area (Å²) in [6.07, 6.45) is 0.740. The molecule has 7 rings (SSSR count). The van der Waals surface area contributed by atoms with Gasteiger partial charge in [0.15, 0.2) is 5.78 Å². The number of carbonyl (C=O) groups excluding carboxylic acids is 13. The molecule has 1 saturated heterocycles. The standard InChI is InChI=1S/C54H68N10O15S/c1-6-27(2)19-38-50(76)56-29(4)48(74)60-47(30(5)65)52(78)58-39-26-80-53-36(22-32(49(75)57-38)23-41(68)28(3)55-51(77)40-24-34(67)25-64(40)54(39)79)35-21-31(7-9-37(35)59-53)20-33(66)8-10-42(69)61(15-17-62-43(70)11-12-44(62)71)16-18-63-45(72)13-14-46(63)73/h7,9,11-14,21,27-30,32,34,38-40,47,59,65,67H,6,8,10,15-20,22-26H2,1-5H3,(H,55,77)(H,56,76)(H,57,75)(H,58,78)(H,60,74)/t27?,28-,29-,30?,32+,34+,38-,39+,40-,47+/m0/s1. The van der Waals surface area contributed by atoms with Crippen molar-refractivity contribution >= 4 is 99.2 Å². The zero-order valence-electron chi connectivity index (χ0n) is 45.1.